The Morgan fingerprint density at radius 3 is 2.90 bits per heavy atom. The number of aromatic nitrogens is 1. The van der Waals surface area contributed by atoms with Gasteiger partial charge in [0.15, 0.2) is 5.13 Å². The molecular weight excluding hydrogens is 284 g/mol. The molecule has 0 bridgehead atoms. The number of carbonyl (C=O) groups excluding carboxylic acids is 1. The lowest BCUT2D eigenvalue weighted by molar-refractivity contribution is -0.142. The SMILES string of the molecule is CCOC(=O)Cc1csc(NC(C)c2ccccc2C)n1. The summed E-state index contributed by atoms with van der Waals surface area (Å²) in [5.74, 6) is -0.235. The summed E-state index contributed by atoms with van der Waals surface area (Å²) in [4.78, 5) is 15.9. The van der Waals surface area contributed by atoms with Crippen LogP contribution in [0.1, 0.15) is 36.7 Å². The average molecular weight is 304 g/mol. The third kappa shape index (κ3) is 4.29. The van der Waals surface area contributed by atoms with E-state index in [4.69, 9.17) is 4.74 Å². The summed E-state index contributed by atoms with van der Waals surface area (Å²) in [6.45, 7) is 6.41. The largest absolute Gasteiger partial charge is 0.466 e. The Hall–Kier alpha value is -1.88. The van der Waals surface area contributed by atoms with E-state index >= 15 is 0 Å². The van der Waals surface area contributed by atoms with Crippen LogP contribution in [0.4, 0.5) is 5.13 Å². The van der Waals surface area contributed by atoms with Crippen LogP contribution in [0.2, 0.25) is 0 Å². The first-order valence-corrected chi connectivity index (χ1v) is 7.90. The molecule has 0 aliphatic rings. The number of nitrogens with zero attached hydrogens (tertiary/aromatic N) is 1. The fourth-order valence-electron chi connectivity index (χ4n) is 2.15. The Morgan fingerprint density at radius 1 is 1.43 bits per heavy atom. The quantitative estimate of drug-likeness (QED) is 0.826. The van der Waals surface area contributed by atoms with Crippen molar-refractivity contribution in [2.24, 2.45) is 0 Å². The maximum absolute atomic E-state index is 11.4. The number of esters is 1. The van der Waals surface area contributed by atoms with E-state index in [9.17, 15) is 4.79 Å². The molecule has 1 atom stereocenters. The lowest BCUT2D eigenvalue weighted by Crippen LogP contribution is -2.09. The predicted molar refractivity (Wildman–Crippen MR) is 85.7 cm³/mol. The normalized spacial score (nSPS) is 12.0. The fourth-order valence-corrected chi connectivity index (χ4v) is 2.95. The molecule has 0 fully saturated rings. The summed E-state index contributed by atoms with van der Waals surface area (Å²) in [6, 6.07) is 8.45. The van der Waals surface area contributed by atoms with E-state index in [0.717, 1.165) is 10.8 Å². The Kier molecular flexibility index (Phi) is 5.33. The van der Waals surface area contributed by atoms with Crippen molar-refractivity contribution in [3.63, 3.8) is 0 Å². The predicted octanol–water partition coefficient (Wildman–Crippen LogP) is 3.73. The van der Waals surface area contributed by atoms with Crippen LogP contribution in [0, 0.1) is 6.92 Å². The average Bonchev–Trinajstić information content (AvgIpc) is 2.86. The molecule has 0 amide bonds. The van der Waals surface area contributed by atoms with Gasteiger partial charge in [-0.05, 0) is 31.9 Å². The molecule has 1 unspecified atom stereocenters. The number of ether oxygens (including phenoxy) is 1. The van der Waals surface area contributed by atoms with E-state index < -0.39 is 0 Å². The highest BCUT2D eigenvalue weighted by molar-refractivity contribution is 7.13. The zero-order valence-corrected chi connectivity index (χ0v) is 13.4. The molecule has 5 heteroatoms. The molecule has 112 valence electrons. The Balaban J connectivity index is 1.99. The summed E-state index contributed by atoms with van der Waals surface area (Å²) >= 11 is 1.51. The van der Waals surface area contributed by atoms with Gasteiger partial charge in [-0.3, -0.25) is 4.79 Å². The van der Waals surface area contributed by atoms with Gasteiger partial charge in [-0.1, -0.05) is 24.3 Å². The van der Waals surface area contributed by atoms with Gasteiger partial charge in [0.25, 0.3) is 0 Å². The van der Waals surface area contributed by atoms with Crippen LogP contribution < -0.4 is 5.32 Å². The monoisotopic (exact) mass is 304 g/mol. The first kappa shape index (κ1) is 15.5. The van der Waals surface area contributed by atoms with Crippen molar-refractivity contribution in [1.82, 2.24) is 4.98 Å². The topological polar surface area (TPSA) is 51.2 Å². The molecule has 1 N–H and O–H groups in total. The van der Waals surface area contributed by atoms with Gasteiger partial charge in [0.05, 0.1) is 24.8 Å². The molecule has 1 aromatic heterocycles. The van der Waals surface area contributed by atoms with Crippen molar-refractivity contribution in [3.05, 3.63) is 46.5 Å². The van der Waals surface area contributed by atoms with Crippen molar-refractivity contribution >= 4 is 22.4 Å². The minimum atomic E-state index is -0.235. The highest BCUT2D eigenvalue weighted by Crippen LogP contribution is 2.24. The fraction of sp³-hybridized carbons (Fsp3) is 0.375. The van der Waals surface area contributed by atoms with E-state index in [1.54, 1.807) is 6.92 Å². The summed E-state index contributed by atoms with van der Waals surface area (Å²) in [5.41, 5.74) is 3.25. The second kappa shape index (κ2) is 7.22. The molecule has 0 saturated carbocycles. The van der Waals surface area contributed by atoms with E-state index in [0.29, 0.717) is 6.61 Å². The van der Waals surface area contributed by atoms with Gasteiger partial charge in [0.1, 0.15) is 0 Å². The van der Waals surface area contributed by atoms with Crippen LogP contribution in [0.5, 0.6) is 0 Å². The van der Waals surface area contributed by atoms with Crippen molar-refractivity contribution in [1.29, 1.82) is 0 Å². The van der Waals surface area contributed by atoms with E-state index in [1.165, 1.54) is 22.5 Å². The maximum Gasteiger partial charge on any atom is 0.311 e. The highest BCUT2D eigenvalue weighted by Gasteiger charge is 2.12. The molecule has 0 saturated heterocycles. The van der Waals surface area contributed by atoms with E-state index in [-0.39, 0.29) is 18.4 Å². The Morgan fingerprint density at radius 2 is 2.19 bits per heavy atom. The third-order valence-corrected chi connectivity index (χ3v) is 4.00. The van der Waals surface area contributed by atoms with E-state index in [1.807, 2.05) is 17.5 Å². The summed E-state index contributed by atoms with van der Waals surface area (Å²) in [7, 11) is 0. The van der Waals surface area contributed by atoms with Crippen molar-refractivity contribution in [2.45, 2.75) is 33.2 Å². The van der Waals surface area contributed by atoms with Crippen LogP contribution in [-0.4, -0.2) is 17.6 Å². The molecular formula is C16H20N2O2S. The zero-order chi connectivity index (χ0) is 15.2. The standard InChI is InChI=1S/C16H20N2O2S/c1-4-20-15(19)9-13-10-21-16(18-13)17-12(3)14-8-6-5-7-11(14)2/h5-8,10,12H,4,9H2,1-3H3,(H,17,18). The first-order chi connectivity index (χ1) is 10.1. The van der Waals surface area contributed by atoms with Gasteiger partial charge in [-0.2, -0.15) is 0 Å². The minimum absolute atomic E-state index is 0.174. The second-order valence-corrected chi connectivity index (χ2v) is 5.71. The number of nitrogens with one attached hydrogen (secondary N) is 1. The number of aryl methyl sites for hydroxylation is 1. The number of hydrogen-bond acceptors (Lipinski definition) is 5. The summed E-state index contributed by atoms with van der Waals surface area (Å²) in [5, 5.41) is 6.10. The first-order valence-electron chi connectivity index (χ1n) is 7.02. The molecule has 0 radical (unpaired) electrons. The Bertz CT molecular complexity index is 610. The molecule has 2 rings (SSSR count). The summed E-state index contributed by atoms with van der Waals surface area (Å²) < 4.78 is 4.93. The Labute approximate surface area is 129 Å². The van der Waals surface area contributed by atoms with E-state index in [2.05, 4.69) is 36.3 Å². The smallest absolute Gasteiger partial charge is 0.311 e. The van der Waals surface area contributed by atoms with Gasteiger partial charge in [-0.15, -0.1) is 11.3 Å². The number of anilines is 1. The number of thiazole rings is 1. The third-order valence-electron chi connectivity index (χ3n) is 3.18. The maximum atomic E-state index is 11.4. The van der Waals surface area contributed by atoms with Gasteiger partial charge < -0.3 is 10.1 Å². The molecule has 2 aromatic rings. The number of carbonyl (C=O) groups is 1. The molecule has 21 heavy (non-hydrogen) atoms. The van der Waals surface area contributed by atoms with Crippen LogP contribution in [0.25, 0.3) is 0 Å². The van der Waals surface area contributed by atoms with Crippen molar-refractivity contribution in [2.75, 3.05) is 11.9 Å². The molecule has 0 spiro atoms. The lowest BCUT2D eigenvalue weighted by Gasteiger charge is -2.15. The van der Waals surface area contributed by atoms with Crippen LogP contribution in [-0.2, 0) is 16.0 Å². The van der Waals surface area contributed by atoms with Crippen LogP contribution >= 0.6 is 11.3 Å². The molecule has 0 aliphatic heterocycles. The molecule has 1 heterocycles. The van der Waals surface area contributed by atoms with Crippen LogP contribution in [0.3, 0.4) is 0 Å². The van der Waals surface area contributed by atoms with Crippen molar-refractivity contribution < 1.29 is 9.53 Å². The number of rotatable bonds is 6. The molecule has 1 aromatic carbocycles. The second-order valence-electron chi connectivity index (χ2n) is 4.85. The van der Waals surface area contributed by atoms with Gasteiger partial charge >= 0.3 is 5.97 Å². The number of hydrogen-bond donors (Lipinski definition) is 1. The lowest BCUT2D eigenvalue weighted by atomic mass is 10.0. The molecule has 0 aliphatic carbocycles. The van der Waals surface area contributed by atoms with Crippen molar-refractivity contribution in [3.8, 4) is 0 Å². The zero-order valence-electron chi connectivity index (χ0n) is 12.6. The summed E-state index contributed by atoms with van der Waals surface area (Å²) in [6.07, 6.45) is 0.227. The molecule has 4 nitrogen and oxygen atoms in total. The highest BCUT2D eigenvalue weighted by atomic mass is 32.1. The minimum Gasteiger partial charge on any atom is -0.466 e. The number of benzene rings is 1. The van der Waals surface area contributed by atoms with Gasteiger partial charge in [-0.25, -0.2) is 4.98 Å². The van der Waals surface area contributed by atoms with Gasteiger partial charge in [0, 0.05) is 5.38 Å². The van der Waals surface area contributed by atoms with Gasteiger partial charge in [0.2, 0.25) is 0 Å². The van der Waals surface area contributed by atoms with Crippen LogP contribution in [0.15, 0.2) is 29.6 Å².